The molecule has 30 heavy (non-hydrogen) atoms. The van der Waals surface area contributed by atoms with Gasteiger partial charge in [-0.1, -0.05) is 48.5 Å². The standard InChI is InChI=1S/C24H24N4O2/c1-15-22(18-10-6-5-7-11-18)23(27(4)26-15)25-24(30)16(2)28-14-20(17(3)29)19-12-8-9-13-21(19)28/h5-14,16H,1-4H3,(H,25,30). The third-order valence-corrected chi connectivity index (χ3v) is 5.44. The molecule has 0 radical (unpaired) electrons. The zero-order chi connectivity index (χ0) is 21.4. The van der Waals surface area contributed by atoms with E-state index in [0.717, 1.165) is 27.7 Å². The van der Waals surface area contributed by atoms with Crippen LogP contribution in [0.25, 0.3) is 22.0 Å². The summed E-state index contributed by atoms with van der Waals surface area (Å²) in [7, 11) is 1.82. The van der Waals surface area contributed by atoms with Crippen molar-refractivity contribution in [3.05, 3.63) is 72.1 Å². The number of hydrogen-bond acceptors (Lipinski definition) is 3. The first-order valence-electron chi connectivity index (χ1n) is 9.89. The van der Waals surface area contributed by atoms with Crippen molar-refractivity contribution in [1.82, 2.24) is 14.3 Å². The highest BCUT2D eigenvalue weighted by atomic mass is 16.2. The fourth-order valence-corrected chi connectivity index (χ4v) is 3.91. The van der Waals surface area contributed by atoms with Crippen LogP contribution in [-0.4, -0.2) is 26.0 Å². The maximum Gasteiger partial charge on any atom is 0.248 e. The van der Waals surface area contributed by atoms with Crippen LogP contribution < -0.4 is 5.32 Å². The number of nitrogens with zero attached hydrogens (tertiary/aromatic N) is 3. The van der Waals surface area contributed by atoms with Crippen LogP contribution in [-0.2, 0) is 11.8 Å². The Kier molecular flexibility index (Phi) is 4.99. The minimum atomic E-state index is -0.512. The summed E-state index contributed by atoms with van der Waals surface area (Å²) in [5.41, 5.74) is 4.22. The van der Waals surface area contributed by atoms with Crippen molar-refractivity contribution in [3.63, 3.8) is 0 Å². The molecule has 0 spiro atoms. The van der Waals surface area contributed by atoms with Gasteiger partial charge in [-0.15, -0.1) is 0 Å². The molecule has 6 heteroatoms. The van der Waals surface area contributed by atoms with Gasteiger partial charge >= 0.3 is 0 Å². The molecular weight excluding hydrogens is 376 g/mol. The molecule has 1 unspecified atom stereocenters. The topological polar surface area (TPSA) is 68.9 Å². The lowest BCUT2D eigenvalue weighted by atomic mass is 10.1. The highest BCUT2D eigenvalue weighted by Crippen LogP contribution is 2.32. The summed E-state index contributed by atoms with van der Waals surface area (Å²) < 4.78 is 3.55. The molecule has 0 saturated carbocycles. The number of hydrogen-bond donors (Lipinski definition) is 1. The summed E-state index contributed by atoms with van der Waals surface area (Å²) in [6, 6.07) is 17.0. The zero-order valence-corrected chi connectivity index (χ0v) is 17.5. The van der Waals surface area contributed by atoms with E-state index in [2.05, 4.69) is 10.4 Å². The van der Waals surface area contributed by atoms with Gasteiger partial charge in [-0.2, -0.15) is 5.10 Å². The van der Waals surface area contributed by atoms with E-state index in [0.29, 0.717) is 11.4 Å². The first kappa shape index (κ1) is 19.6. The smallest absolute Gasteiger partial charge is 0.248 e. The Bertz CT molecular complexity index is 1250. The molecular formula is C24H24N4O2. The SMILES string of the molecule is CC(=O)c1cn(C(C)C(=O)Nc2c(-c3ccccc3)c(C)nn2C)c2ccccc12. The third-order valence-electron chi connectivity index (χ3n) is 5.44. The maximum absolute atomic E-state index is 13.2. The molecule has 2 aromatic carbocycles. The Morgan fingerprint density at radius 1 is 1.03 bits per heavy atom. The lowest BCUT2D eigenvalue weighted by molar-refractivity contribution is -0.118. The molecule has 1 amide bonds. The molecule has 4 rings (SSSR count). The van der Waals surface area contributed by atoms with E-state index in [1.54, 1.807) is 17.8 Å². The molecule has 0 saturated heterocycles. The van der Waals surface area contributed by atoms with E-state index in [1.807, 2.05) is 80.1 Å². The summed E-state index contributed by atoms with van der Waals surface area (Å²) in [4.78, 5) is 25.3. The number of nitrogens with one attached hydrogen (secondary N) is 1. The van der Waals surface area contributed by atoms with E-state index < -0.39 is 6.04 Å². The van der Waals surface area contributed by atoms with Gasteiger partial charge in [0.2, 0.25) is 5.91 Å². The fourth-order valence-electron chi connectivity index (χ4n) is 3.91. The lowest BCUT2D eigenvalue weighted by Gasteiger charge is -2.16. The van der Waals surface area contributed by atoms with E-state index in [9.17, 15) is 9.59 Å². The van der Waals surface area contributed by atoms with Gasteiger partial charge in [0.1, 0.15) is 11.9 Å². The van der Waals surface area contributed by atoms with E-state index in [1.165, 1.54) is 0 Å². The predicted molar refractivity (Wildman–Crippen MR) is 119 cm³/mol. The Morgan fingerprint density at radius 3 is 2.40 bits per heavy atom. The van der Waals surface area contributed by atoms with Crippen molar-refractivity contribution in [1.29, 1.82) is 0 Å². The number of carbonyl (C=O) groups excluding carboxylic acids is 2. The summed E-state index contributed by atoms with van der Waals surface area (Å²) in [6.45, 7) is 5.30. The molecule has 152 valence electrons. The van der Waals surface area contributed by atoms with Gasteiger partial charge in [0.05, 0.1) is 5.69 Å². The maximum atomic E-state index is 13.2. The monoisotopic (exact) mass is 400 g/mol. The summed E-state index contributed by atoms with van der Waals surface area (Å²) in [5.74, 6) is 0.455. The number of fused-ring (bicyclic) bond motifs is 1. The Labute approximate surface area is 175 Å². The molecule has 2 aromatic heterocycles. The minimum absolute atomic E-state index is 0.0221. The van der Waals surface area contributed by atoms with Gasteiger partial charge in [0, 0.05) is 35.3 Å². The van der Waals surface area contributed by atoms with Gasteiger partial charge in [0.25, 0.3) is 0 Å². The quantitative estimate of drug-likeness (QED) is 0.492. The number of amides is 1. The van der Waals surface area contributed by atoms with E-state index in [4.69, 9.17) is 0 Å². The number of para-hydroxylation sites is 1. The second kappa shape index (κ2) is 7.63. The number of aromatic nitrogens is 3. The Balaban J connectivity index is 1.71. The average Bonchev–Trinajstić information content (AvgIpc) is 3.25. The number of carbonyl (C=O) groups is 2. The van der Waals surface area contributed by atoms with Crippen LogP contribution in [0.15, 0.2) is 60.8 Å². The Morgan fingerprint density at radius 2 is 1.70 bits per heavy atom. The second-order valence-electron chi connectivity index (χ2n) is 7.49. The van der Waals surface area contributed by atoms with Gasteiger partial charge in [-0.3, -0.25) is 14.3 Å². The minimum Gasteiger partial charge on any atom is -0.334 e. The molecule has 0 aliphatic heterocycles. The predicted octanol–water partition coefficient (Wildman–Crippen LogP) is 4.75. The summed E-state index contributed by atoms with van der Waals surface area (Å²) >= 11 is 0. The van der Waals surface area contributed by atoms with E-state index >= 15 is 0 Å². The third kappa shape index (κ3) is 3.30. The molecule has 6 nitrogen and oxygen atoms in total. The molecule has 2 heterocycles. The van der Waals surface area contributed by atoms with Crippen molar-refractivity contribution in [2.45, 2.75) is 26.8 Å². The second-order valence-corrected chi connectivity index (χ2v) is 7.49. The number of aryl methyl sites for hydroxylation is 2. The normalized spacial score (nSPS) is 12.1. The number of Topliss-reactive ketones (excluding diaryl/α,β-unsaturated/α-hetero) is 1. The molecule has 0 fully saturated rings. The van der Waals surface area contributed by atoms with Crippen molar-refractivity contribution in [3.8, 4) is 11.1 Å². The molecule has 0 aliphatic carbocycles. The summed E-state index contributed by atoms with van der Waals surface area (Å²) in [5, 5.41) is 8.41. The van der Waals surface area contributed by atoms with Crippen molar-refractivity contribution >= 4 is 28.4 Å². The first-order valence-corrected chi connectivity index (χ1v) is 9.89. The van der Waals surface area contributed by atoms with Crippen LogP contribution in [0, 0.1) is 6.92 Å². The van der Waals surface area contributed by atoms with Crippen LogP contribution >= 0.6 is 0 Å². The molecule has 1 atom stereocenters. The largest absolute Gasteiger partial charge is 0.334 e. The Hall–Kier alpha value is -3.67. The fraction of sp³-hybridized carbons (Fsp3) is 0.208. The van der Waals surface area contributed by atoms with Crippen LogP contribution in [0.1, 0.15) is 35.9 Å². The average molecular weight is 400 g/mol. The van der Waals surface area contributed by atoms with Gasteiger partial charge in [-0.25, -0.2) is 0 Å². The number of rotatable bonds is 5. The summed E-state index contributed by atoms with van der Waals surface area (Å²) in [6.07, 6.45) is 1.77. The van der Waals surface area contributed by atoms with Gasteiger partial charge < -0.3 is 9.88 Å². The van der Waals surface area contributed by atoms with Crippen molar-refractivity contribution < 1.29 is 9.59 Å². The first-order chi connectivity index (χ1) is 14.4. The van der Waals surface area contributed by atoms with Crippen LogP contribution in [0.5, 0.6) is 0 Å². The van der Waals surface area contributed by atoms with Crippen molar-refractivity contribution in [2.75, 3.05) is 5.32 Å². The molecule has 0 bridgehead atoms. The van der Waals surface area contributed by atoms with Gasteiger partial charge in [-0.05, 0) is 32.4 Å². The molecule has 4 aromatic rings. The van der Waals surface area contributed by atoms with Gasteiger partial charge in [0.15, 0.2) is 5.78 Å². The van der Waals surface area contributed by atoms with Crippen molar-refractivity contribution in [2.24, 2.45) is 7.05 Å². The molecule has 1 N–H and O–H groups in total. The van der Waals surface area contributed by atoms with E-state index in [-0.39, 0.29) is 11.7 Å². The number of anilines is 1. The highest BCUT2D eigenvalue weighted by molar-refractivity contribution is 6.07. The lowest BCUT2D eigenvalue weighted by Crippen LogP contribution is -2.24. The molecule has 0 aliphatic rings. The van der Waals surface area contributed by atoms with Crippen LogP contribution in [0.2, 0.25) is 0 Å². The van der Waals surface area contributed by atoms with Crippen LogP contribution in [0.4, 0.5) is 5.82 Å². The number of ketones is 1. The highest BCUT2D eigenvalue weighted by Gasteiger charge is 2.23. The zero-order valence-electron chi connectivity index (χ0n) is 17.5. The number of benzene rings is 2. The van der Waals surface area contributed by atoms with Crippen LogP contribution in [0.3, 0.4) is 0 Å².